The molecular weight excluding hydrogens is 328 g/mol. The summed E-state index contributed by atoms with van der Waals surface area (Å²) in [6.07, 6.45) is 0.575. The maximum absolute atomic E-state index is 12.5. The summed E-state index contributed by atoms with van der Waals surface area (Å²) in [7, 11) is -2.15. The van der Waals surface area contributed by atoms with Gasteiger partial charge in [-0.1, -0.05) is 18.2 Å². The molecule has 1 atom stereocenters. The van der Waals surface area contributed by atoms with Crippen LogP contribution in [0.4, 0.5) is 0 Å². The fraction of sp³-hybridized carbons (Fsp3) is 0.235. The molecule has 2 aromatic carbocycles. The molecule has 0 aromatic heterocycles. The highest BCUT2D eigenvalue weighted by Gasteiger charge is 2.25. The van der Waals surface area contributed by atoms with Gasteiger partial charge in [0.2, 0.25) is 10.0 Å². The molecule has 1 amide bonds. The van der Waals surface area contributed by atoms with Crippen LogP contribution in [-0.4, -0.2) is 34.0 Å². The van der Waals surface area contributed by atoms with Gasteiger partial charge >= 0.3 is 0 Å². The van der Waals surface area contributed by atoms with Crippen molar-refractivity contribution in [2.24, 2.45) is 0 Å². The molecule has 1 unspecified atom stereocenters. The number of sulfonamides is 1. The maximum atomic E-state index is 12.5. The lowest BCUT2D eigenvalue weighted by Crippen LogP contribution is -2.42. The smallest absolute Gasteiger partial charge is 0.251 e. The van der Waals surface area contributed by atoms with Crippen LogP contribution in [0, 0.1) is 0 Å². The second-order valence-electron chi connectivity index (χ2n) is 5.54. The van der Waals surface area contributed by atoms with Crippen LogP contribution in [-0.2, 0) is 16.4 Å². The topological polar surface area (TPSA) is 84.5 Å². The Labute approximate surface area is 140 Å². The van der Waals surface area contributed by atoms with Gasteiger partial charge in [0.25, 0.3) is 5.91 Å². The number of hydrogen-bond acceptors (Lipinski definition) is 4. The summed E-state index contributed by atoms with van der Waals surface area (Å²) in [6.45, 7) is 0.284. The molecule has 0 fully saturated rings. The van der Waals surface area contributed by atoms with E-state index in [1.807, 2.05) is 24.3 Å². The van der Waals surface area contributed by atoms with E-state index in [2.05, 4.69) is 10.0 Å². The van der Waals surface area contributed by atoms with Gasteiger partial charge in [0.15, 0.2) is 0 Å². The molecule has 3 rings (SSSR count). The molecule has 6 nitrogen and oxygen atoms in total. The van der Waals surface area contributed by atoms with Crippen molar-refractivity contribution in [2.45, 2.75) is 17.4 Å². The van der Waals surface area contributed by atoms with Gasteiger partial charge in [0.05, 0.1) is 10.9 Å². The Morgan fingerprint density at radius 1 is 1.12 bits per heavy atom. The SMILES string of the molecule is CNC(=O)c1ccc(S(=O)(=O)NC2COc3ccccc3C2)cc1. The van der Waals surface area contributed by atoms with Crippen LogP contribution in [0.5, 0.6) is 5.75 Å². The minimum absolute atomic E-state index is 0.119. The van der Waals surface area contributed by atoms with Gasteiger partial charge in [-0.05, 0) is 42.3 Å². The molecule has 2 aromatic rings. The number of carbonyl (C=O) groups is 1. The maximum Gasteiger partial charge on any atom is 0.251 e. The number of rotatable bonds is 4. The van der Waals surface area contributed by atoms with Gasteiger partial charge in [-0.25, -0.2) is 13.1 Å². The van der Waals surface area contributed by atoms with Crippen LogP contribution in [0.1, 0.15) is 15.9 Å². The van der Waals surface area contributed by atoms with Gasteiger partial charge in [-0.15, -0.1) is 0 Å². The molecule has 0 saturated heterocycles. The monoisotopic (exact) mass is 346 g/mol. The zero-order valence-electron chi connectivity index (χ0n) is 13.2. The summed E-state index contributed by atoms with van der Waals surface area (Å²) >= 11 is 0. The summed E-state index contributed by atoms with van der Waals surface area (Å²) in [6, 6.07) is 13.1. The molecular formula is C17H18N2O4S. The highest BCUT2D eigenvalue weighted by Crippen LogP contribution is 2.24. The average molecular weight is 346 g/mol. The van der Waals surface area contributed by atoms with Crippen molar-refractivity contribution in [3.63, 3.8) is 0 Å². The minimum Gasteiger partial charge on any atom is -0.492 e. The van der Waals surface area contributed by atoms with Gasteiger partial charge in [0.1, 0.15) is 12.4 Å². The first-order valence-corrected chi connectivity index (χ1v) is 9.03. The fourth-order valence-corrected chi connectivity index (χ4v) is 3.84. The van der Waals surface area contributed by atoms with E-state index in [0.29, 0.717) is 12.0 Å². The molecule has 2 N–H and O–H groups in total. The summed E-state index contributed by atoms with van der Waals surface area (Å²) in [5, 5.41) is 2.49. The Kier molecular flexibility index (Phi) is 4.55. The second kappa shape index (κ2) is 6.62. The first-order valence-electron chi connectivity index (χ1n) is 7.55. The highest BCUT2D eigenvalue weighted by molar-refractivity contribution is 7.89. The van der Waals surface area contributed by atoms with Crippen molar-refractivity contribution >= 4 is 15.9 Å². The lowest BCUT2D eigenvalue weighted by Gasteiger charge is -2.25. The van der Waals surface area contributed by atoms with Gasteiger partial charge in [-0.2, -0.15) is 0 Å². The third-order valence-electron chi connectivity index (χ3n) is 3.85. The van der Waals surface area contributed by atoms with Gasteiger partial charge in [0, 0.05) is 12.6 Å². The van der Waals surface area contributed by atoms with E-state index in [4.69, 9.17) is 4.74 Å². The van der Waals surface area contributed by atoms with Gasteiger partial charge < -0.3 is 10.1 Å². The largest absolute Gasteiger partial charge is 0.492 e. The molecule has 24 heavy (non-hydrogen) atoms. The summed E-state index contributed by atoms with van der Waals surface area (Å²) in [5.41, 5.74) is 1.39. The van der Waals surface area contributed by atoms with Gasteiger partial charge in [-0.3, -0.25) is 4.79 Å². The molecule has 1 aliphatic rings. The summed E-state index contributed by atoms with van der Waals surface area (Å²) in [4.78, 5) is 11.6. The molecule has 0 aliphatic carbocycles. The Hall–Kier alpha value is -2.38. The van der Waals surface area contributed by atoms with E-state index in [-0.39, 0.29) is 23.5 Å². The zero-order valence-corrected chi connectivity index (χ0v) is 14.0. The van der Waals surface area contributed by atoms with Crippen LogP contribution < -0.4 is 14.8 Å². The molecule has 0 radical (unpaired) electrons. The molecule has 0 saturated carbocycles. The number of hydrogen-bond donors (Lipinski definition) is 2. The van der Waals surface area contributed by atoms with Crippen molar-refractivity contribution < 1.29 is 17.9 Å². The number of benzene rings is 2. The standard InChI is InChI=1S/C17H18N2O4S/c1-18-17(20)12-6-8-15(9-7-12)24(21,22)19-14-10-13-4-2-3-5-16(13)23-11-14/h2-9,14,19H,10-11H2,1H3,(H,18,20). The first kappa shape index (κ1) is 16.5. The lowest BCUT2D eigenvalue weighted by molar-refractivity contribution is 0.0963. The second-order valence-corrected chi connectivity index (χ2v) is 7.26. The molecule has 7 heteroatoms. The number of carbonyl (C=O) groups excluding carboxylic acids is 1. The number of amides is 1. The fourth-order valence-electron chi connectivity index (χ4n) is 2.62. The number of nitrogens with one attached hydrogen (secondary N) is 2. The van der Waals surface area contributed by atoms with Crippen molar-refractivity contribution in [3.05, 3.63) is 59.7 Å². The Morgan fingerprint density at radius 3 is 2.54 bits per heavy atom. The van der Waals surface area contributed by atoms with Crippen molar-refractivity contribution in [1.29, 1.82) is 0 Å². The number of ether oxygens (including phenoxy) is 1. The van der Waals surface area contributed by atoms with E-state index in [0.717, 1.165) is 11.3 Å². The molecule has 126 valence electrons. The van der Waals surface area contributed by atoms with E-state index in [9.17, 15) is 13.2 Å². The molecule has 1 aliphatic heterocycles. The lowest BCUT2D eigenvalue weighted by atomic mass is 10.0. The predicted molar refractivity (Wildman–Crippen MR) is 89.6 cm³/mol. The Bertz CT molecular complexity index is 847. The molecule has 0 bridgehead atoms. The minimum atomic E-state index is -3.67. The van der Waals surface area contributed by atoms with Crippen LogP contribution in [0.25, 0.3) is 0 Å². The van der Waals surface area contributed by atoms with Crippen LogP contribution in [0.3, 0.4) is 0 Å². The quantitative estimate of drug-likeness (QED) is 0.875. The van der Waals surface area contributed by atoms with E-state index in [1.54, 1.807) is 0 Å². The number of para-hydroxylation sites is 1. The van der Waals surface area contributed by atoms with E-state index < -0.39 is 10.0 Å². The third kappa shape index (κ3) is 3.42. The molecule has 0 spiro atoms. The van der Waals surface area contributed by atoms with Crippen LogP contribution >= 0.6 is 0 Å². The van der Waals surface area contributed by atoms with Crippen molar-refractivity contribution in [1.82, 2.24) is 10.0 Å². The predicted octanol–water partition coefficient (Wildman–Crippen LogP) is 1.33. The zero-order chi connectivity index (χ0) is 17.2. The average Bonchev–Trinajstić information content (AvgIpc) is 2.60. The van der Waals surface area contributed by atoms with Crippen molar-refractivity contribution in [2.75, 3.05) is 13.7 Å². The van der Waals surface area contributed by atoms with E-state index >= 15 is 0 Å². The normalized spacial score (nSPS) is 16.8. The Balaban J connectivity index is 1.74. The Morgan fingerprint density at radius 2 is 1.83 bits per heavy atom. The summed E-state index contributed by atoms with van der Waals surface area (Å²) in [5.74, 6) is 0.534. The highest BCUT2D eigenvalue weighted by atomic mass is 32.2. The third-order valence-corrected chi connectivity index (χ3v) is 5.39. The van der Waals surface area contributed by atoms with Crippen LogP contribution in [0.15, 0.2) is 53.4 Å². The van der Waals surface area contributed by atoms with Crippen molar-refractivity contribution in [3.8, 4) is 5.75 Å². The molecule has 1 heterocycles. The first-order chi connectivity index (χ1) is 11.5. The van der Waals surface area contributed by atoms with Crippen LogP contribution in [0.2, 0.25) is 0 Å². The summed E-state index contributed by atoms with van der Waals surface area (Å²) < 4.78 is 33.3. The van der Waals surface area contributed by atoms with E-state index in [1.165, 1.54) is 31.3 Å². The number of fused-ring (bicyclic) bond motifs is 1.